The number of hydrogen-bond donors (Lipinski definition) is 1. The summed E-state index contributed by atoms with van der Waals surface area (Å²) in [4.78, 5) is 41.5. The van der Waals surface area contributed by atoms with Crippen LogP contribution in [0.5, 0.6) is 0 Å². The summed E-state index contributed by atoms with van der Waals surface area (Å²) in [6, 6.07) is 7.17. The van der Waals surface area contributed by atoms with Gasteiger partial charge in [0.15, 0.2) is 5.57 Å². The third kappa shape index (κ3) is 4.55. The lowest BCUT2D eigenvalue weighted by atomic mass is 10.0. The molecule has 8 nitrogen and oxygen atoms in total. The van der Waals surface area contributed by atoms with Crippen molar-refractivity contribution in [1.29, 1.82) is 5.26 Å². The van der Waals surface area contributed by atoms with Crippen LogP contribution in [-0.4, -0.2) is 53.2 Å². The highest BCUT2D eigenvalue weighted by Crippen LogP contribution is 2.39. The Kier molecular flexibility index (Phi) is 7.38. The molecule has 0 aliphatic carbocycles. The maximum Gasteiger partial charge on any atom is 0.351 e. The van der Waals surface area contributed by atoms with Gasteiger partial charge in [0.05, 0.1) is 17.9 Å². The molecule has 3 rings (SSSR count). The number of thioether (sulfide) groups is 1. The number of nitrogens with zero attached hydrogens (tertiary/aromatic N) is 2. The molecule has 1 aliphatic rings. The number of nitriles is 1. The summed E-state index contributed by atoms with van der Waals surface area (Å²) in [6.07, 6.45) is 4.40. The summed E-state index contributed by atoms with van der Waals surface area (Å²) in [5.74, 6) is -1.31. The number of esters is 2. The van der Waals surface area contributed by atoms with Crippen LogP contribution in [-0.2, 0) is 25.5 Å². The van der Waals surface area contributed by atoms with Crippen molar-refractivity contribution in [2.24, 2.45) is 0 Å². The summed E-state index contributed by atoms with van der Waals surface area (Å²) in [7, 11) is 1.34. The normalized spacial score (nSPS) is 17.2. The van der Waals surface area contributed by atoms with Crippen molar-refractivity contribution >= 4 is 40.5 Å². The molecule has 166 valence electrons. The number of methoxy groups -OCH3 is 1. The fourth-order valence-electron chi connectivity index (χ4n) is 3.51. The third-order valence-corrected chi connectivity index (χ3v) is 6.45. The van der Waals surface area contributed by atoms with Gasteiger partial charge in [0.25, 0.3) is 0 Å². The Morgan fingerprint density at radius 1 is 1.41 bits per heavy atom. The molecule has 9 heteroatoms. The zero-order chi connectivity index (χ0) is 23.3. The van der Waals surface area contributed by atoms with Gasteiger partial charge in [-0.1, -0.05) is 30.5 Å². The minimum absolute atomic E-state index is 0.0102. The molecule has 1 aromatic heterocycles. The number of carbonyl (C=O) groups excluding carboxylic acids is 3. The number of aromatic amines is 1. The predicted molar refractivity (Wildman–Crippen MR) is 121 cm³/mol. The first-order valence-electron chi connectivity index (χ1n) is 10.0. The summed E-state index contributed by atoms with van der Waals surface area (Å²) < 4.78 is 9.75. The fraction of sp³-hybridized carbons (Fsp3) is 0.304. The van der Waals surface area contributed by atoms with Crippen molar-refractivity contribution in [3.8, 4) is 6.07 Å². The van der Waals surface area contributed by atoms with E-state index in [1.807, 2.05) is 18.3 Å². The lowest BCUT2D eigenvalue weighted by Gasteiger charge is -2.15. The Bertz CT molecular complexity index is 1140. The van der Waals surface area contributed by atoms with E-state index in [0.29, 0.717) is 30.0 Å². The molecule has 1 fully saturated rings. The van der Waals surface area contributed by atoms with Gasteiger partial charge in [-0.15, -0.1) is 0 Å². The second-order valence-corrected chi connectivity index (χ2v) is 8.16. The summed E-state index contributed by atoms with van der Waals surface area (Å²) in [5, 5.41) is 10.4. The zero-order valence-electron chi connectivity index (χ0n) is 17.8. The lowest BCUT2D eigenvalue weighted by Crippen LogP contribution is -2.29. The van der Waals surface area contributed by atoms with Crippen LogP contribution in [0.25, 0.3) is 10.9 Å². The number of carbonyl (C=O) groups is 3. The molecule has 0 saturated carbocycles. The van der Waals surface area contributed by atoms with E-state index in [9.17, 15) is 19.6 Å². The smallest absolute Gasteiger partial charge is 0.351 e. The number of benzene rings is 1. The van der Waals surface area contributed by atoms with Crippen LogP contribution < -0.4 is 0 Å². The summed E-state index contributed by atoms with van der Waals surface area (Å²) in [5.41, 5.74) is 2.10. The van der Waals surface area contributed by atoms with E-state index in [0.717, 1.165) is 16.5 Å². The van der Waals surface area contributed by atoms with Gasteiger partial charge in [-0.3, -0.25) is 4.79 Å². The topological polar surface area (TPSA) is 112 Å². The molecule has 1 saturated heterocycles. The van der Waals surface area contributed by atoms with Crippen molar-refractivity contribution in [3.05, 3.63) is 58.8 Å². The Balaban J connectivity index is 1.78. The maximum atomic E-state index is 12.9. The van der Waals surface area contributed by atoms with Gasteiger partial charge < -0.3 is 19.4 Å². The summed E-state index contributed by atoms with van der Waals surface area (Å²) in [6.45, 7) is 5.62. The van der Waals surface area contributed by atoms with Crippen LogP contribution in [0.2, 0.25) is 0 Å². The van der Waals surface area contributed by atoms with Gasteiger partial charge in [-0.2, -0.15) is 5.26 Å². The fourth-order valence-corrected chi connectivity index (χ4v) is 4.84. The average molecular weight is 454 g/mol. The maximum absolute atomic E-state index is 12.9. The second kappa shape index (κ2) is 10.2. The minimum Gasteiger partial charge on any atom is -0.465 e. The number of nitrogens with one attached hydrogen (secondary N) is 1. The van der Waals surface area contributed by atoms with E-state index in [-0.39, 0.29) is 18.1 Å². The van der Waals surface area contributed by atoms with E-state index < -0.39 is 17.2 Å². The molecule has 1 aromatic carbocycles. The monoisotopic (exact) mass is 453 g/mol. The lowest BCUT2D eigenvalue weighted by molar-refractivity contribution is -0.137. The van der Waals surface area contributed by atoms with Gasteiger partial charge in [-0.25, -0.2) is 9.59 Å². The second-order valence-electron chi connectivity index (χ2n) is 6.97. The predicted octanol–water partition coefficient (Wildman–Crippen LogP) is 3.32. The van der Waals surface area contributed by atoms with Gasteiger partial charge in [0.1, 0.15) is 17.7 Å². The first-order chi connectivity index (χ1) is 15.4. The quantitative estimate of drug-likeness (QED) is 0.282. The van der Waals surface area contributed by atoms with E-state index in [1.54, 1.807) is 19.1 Å². The molecule has 32 heavy (non-hydrogen) atoms. The number of rotatable bonds is 8. The zero-order valence-corrected chi connectivity index (χ0v) is 18.7. The van der Waals surface area contributed by atoms with E-state index in [2.05, 4.69) is 11.6 Å². The molecular weight excluding hydrogens is 430 g/mol. The standard InChI is InChI=1S/C23H23N3O5S/c1-4-10-31-23(29)17(12-24)21-26(5-2)20(27)19(32-21)9-7-15-13-25-18-11-14(22(28)30-3)6-8-16(15)18/h4,6,8,11,13,19,25H,1,5,7,9-10H2,2-3H3/b21-17-. The Labute approximate surface area is 189 Å². The molecule has 0 radical (unpaired) electrons. The highest BCUT2D eigenvalue weighted by atomic mass is 32.2. The van der Waals surface area contributed by atoms with E-state index in [4.69, 9.17) is 9.47 Å². The van der Waals surface area contributed by atoms with Crippen LogP contribution in [0.3, 0.4) is 0 Å². The largest absolute Gasteiger partial charge is 0.465 e. The molecule has 1 unspecified atom stereocenters. The van der Waals surface area contributed by atoms with Crippen molar-refractivity contribution < 1.29 is 23.9 Å². The van der Waals surface area contributed by atoms with Gasteiger partial charge in [0.2, 0.25) is 5.91 Å². The number of ether oxygens (including phenoxy) is 2. The number of aromatic nitrogens is 1. The van der Waals surface area contributed by atoms with Gasteiger partial charge in [-0.05, 0) is 37.5 Å². The highest BCUT2D eigenvalue weighted by Gasteiger charge is 2.39. The molecular formula is C23H23N3O5S. The SMILES string of the molecule is C=CCOC(=O)/C(C#N)=C1\SC(CCc2c[nH]c3cc(C(=O)OC)ccc23)C(=O)N1CC. The van der Waals surface area contributed by atoms with Crippen LogP contribution >= 0.6 is 11.8 Å². The molecule has 1 N–H and O–H groups in total. The van der Waals surface area contributed by atoms with E-state index in [1.165, 1.54) is 29.8 Å². The van der Waals surface area contributed by atoms with Gasteiger partial charge in [0, 0.05) is 23.6 Å². The molecule has 1 amide bonds. The molecule has 2 heterocycles. The Morgan fingerprint density at radius 3 is 2.84 bits per heavy atom. The number of fused-ring (bicyclic) bond motifs is 1. The molecule has 0 bridgehead atoms. The Morgan fingerprint density at radius 2 is 2.19 bits per heavy atom. The molecule has 0 spiro atoms. The van der Waals surface area contributed by atoms with Crippen LogP contribution in [0.4, 0.5) is 0 Å². The first kappa shape index (κ1) is 23.2. The Hall–Kier alpha value is -3.51. The molecule has 2 aromatic rings. The van der Waals surface area contributed by atoms with E-state index >= 15 is 0 Å². The van der Waals surface area contributed by atoms with Crippen LogP contribution in [0.15, 0.2) is 47.7 Å². The number of hydrogen-bond acceptors (Lipinski definition) is 7. The van der Waals surface area contributed by atoms with Crippen molar-refractivity contribution in [3.63, 3.8) is 0 Å². The first-order valence-corrected chi connectivity index (χ1v) is 10.9. The molecule has 1 aliphatic heterocycles. The number of aryl methyl sites for hydroxylation is 1. The van der Waals surface area contributed by atoms with Gasteiger partial charge >= 0.3 is 11.9 Å². The minimum atomic E-state index is -0.764. The highest BCUT2D eigenvalue weighted by molar-refractivity contribution is 8.04. The van der Waals surface area contributed by atoms with Crippen molar-refractivity contribution in [2.45, 2.75) is 25.0 Å². The van der Waals surface area contributed by atoms with Crippen molar-refractivity contribution in [2.75, 3.05) is 20.3 Å². The number of H-pyrrole nitrogens is 1. The van der Waals surface area contributed by atoms with Crippen LogP contribution in [0.1, 0.15) is 29.3 Å². The molecule has 1 atom stereocenters. The number of amides is 1. The third-order valence-electron chi connectivity index (χ3n) is 5.08. The summed E-state index contributed by atoms with van der Waals surface area (Å²) >= 11 is 1.22. The average Bonchev–Trinajstić information content (AvgIpc) is 3.35. The van der Waals surface area contributed by atoms with Crippen molar-refractivity contribution in [1.82, 2.24) is 9.88 Å². The van der Waals surface area contributed by atoms with Crippen LogP contribution in [0, 0.1) is 11.3 Å².